The summed E-state index contributed by atoms with van der Waals surface area (Å²) in [6.07, 6.45) is 0.363. The first-order valence-corrected chi connectivity index (χ1v) is 12.1. The molecule has 0 bridgehead atoms. The van der Waals surface area contributed by atoms with Crippen LogP contribution in [0.3, 0.4) is 0 Å². The van der Waals surface area contributed by atoms with Crippen LogP contribution in [0.2, 0.25) is 0 Å². The van der Waals surface area contributed by atoms with E-state index in [1.165, 1.54) is 0 Å². The normalized spacial score (nSPS) is 15.0. The van der Waals surface area contributed by atoms with Crippen LogP contribution in [0.25, 0.3) is 11.3 Å². The Kier molecular flexibility index (Phi) is 8.57. The third-order valence-corrected chi connectivity index (χ3v) is 6.03. The number of benzene rings is 2. The maximum Gasteiger partial charge on any atom is 0.232 e. The van der Waals surface area contributed by atoms with Crippen LogP contribution in [0.15, 0.2) is 59.1 Å². The van der Waals surface area contributed by atoms with Crippen LogP contribution in [-0.2, 0) is 11.3 Å². The van der Waals surface area contributed by atoms with Crippen LogP contribution in [0.4, 0.5) is 5.88 Å². The van der Waals surface area contributed by atoms with Crippen LogP contribution in [0.5, 0.6) is 5.75 Å². The van der Waals surface area contributed by atoms with Gasteiger partial charge in [-0.2, -0.15) is 0 Å². The van der Waals surface area contributed by atoms with Gasteiger partial charge in [0.2, 0.25) is 5.88 Å². The SMILES string of the molecule is CCCN(Cc1c(-c2ccccc2)noc1N1CCOCC1)C[C@H](O)COc1ccccc1C. The molecule has 182 valence electrons. The highest BCUT2D eigenvalue weighted by Crippen LogP contribution is 2.33. The highest BCUT2D eigenvalue weighted by molar-refractivity contribution is 5.68. The van der Waals surface area contributed by atoms with E-state index < -0.39 is 6.10 Å². The molecule has 0 saturated carbocycles. The first-order valence-electron chi connectivity index (χ1n) is 12.1. The van der Waals surface area contributed by atoms with E-state index in [-0.39, 0.29) is 6.61 Å². The van der Waals surface area contributed by atoms with Gasteiger partial charge in [0.15, 0.2) is 0 Å². The Morgan fingerprint density at radius 2 is 1.82 bits per heavy atom. The molecule has 0 unspecified atom stereocenters. The molecule has 1 atom stereocenters. The zero-order valence-electron chi connectivity index (χ0n) is 20.2. The summed E-state index contributed by atoms with van der Waals surface area (Å²) >= 11 is 0. The Morgan fingerprint density at radius 3 is 2.56 bits per heavy atom. The summed E-state index contributed by atoms with van der Waals surface area (Å²) in [5.74, 6) is 1.61. The largest absolute Gasteiger partial charge is 0.491 e. The van der Waals surface area contributed by atoms with Crippen molar-refractivity contribution >= 4 is 5.88 Å². The Balaban J connectivity index is 1.51. The number of aromatic nitrogens is 1. The number of morpholine rings is 1. The van der Waals surface area contributed by atoms with E-state index in [1.54, 1.807) is 0 Å². The van der Waals surface area contributed by atoms with Crippen LogP contribution in [-0.4, -0.2) is 67.3 Å². The third kappa shape index (κ3) is 6.17. The average Bonchev–Trinajstić information content (AvgIpc) is 3.28. The maximum absolute atomic E-state index is 10.8. The monoisotopic (exact) mass is 465 g/mol. The standard InChI is InChI=1S/C27H35N3O4/c1-3-13-29(18-23(31)20-33-25-12-8-7-9-21(25)2)19-24-26(22-10-5-4-6-11-22)28-34-27(24)30-14-16-32-17-15-30/h4-12,23,31H,3,13-20H2,1-2H3/t23-/m0/s1. The molecule has 34 heavy (non-hydrogen) atoms. The lowest BCUT2D eigenvalue weighted by molar-refractivity contribution is 0.0653. The topological polar surface area (TPSA) is 71.2 Å². The van der Waals surface area contributed by atoms with E-state index in [1.807, 2.05) is 49.4 Å². The number of aliphatic hydroxyl groups is 1. The summed E-state index contributed by atoms with van der Waals surface area (Å²) in [6.45, 7) is 9.29. The van der Waals surface area contributed by atoms with Gasteiger partial charge in [-0.05, 0) is 31.5 Å². The molecule has 7 nitrogen and oxygen atoms in total. The van der Waals surface area contributed by atoms with Crippen molar-refractivity contribution in [2.24, 2.45) is 0 Å². The van der Waals surface area contributed by atoms with Crippen LogP contribution in [0.1, 0.15) is 24.5 Å². The summed E-state index contributed by atoms with van der Waals surface area (Å²) in [6, 6.07) is 18.0. The second-order valence-electron chi connectivity index (χ2n) is 8.75. The number of rotatable bonds is 11. The zero-order valence-corrected chi connectivity index (χ0v) is 20.2. The minimum absolute atomic E-state index is 0.247. The highest BCUT2D eigenvalue weighted by Gasteiger charge is 2.26. The Labute approximate surface area is 201 Å². The molecule has 0 amide bonds. The molecule has 2 heterocycles. The molecule has 7 heteroatoms. The number of aryl methyl sites for hydroxylation is 1. The summed E-state index contributed by atoms with van der Waals surface area (Å²) in [5.41, 5.74) is 4.00. The summed E-state index contributed by atoms with van der Waals surface area (Å²) in [5, 5.41) is 15.3. The van der Waals surface area contributed by atoms with Crippen molar-refractivity contribution < 1.29 is 19.1 Å². The fourth-order valence-electron chi connectivity index (χ4n) is 4.31. The lowest BCUT2D eigenvalue weighted by atomic mass is 10.1. The zero-order chi connectivity index (χ0) is 23.8. The van der Waals surface area contributed by atoms with Gasteiger partial charge in [0.05, 0.1) is 18.8 Å². The van der Waals surface area contributed by atoms with Gasteiger partial charge in [-0.25, -0.2) is 0 Å². The van der Waals surface area contributed by atoms with E-state index in [0.29, 0.717) is 26.3 Å². The highest BCUT2D eigenvalue weighted by atomic mass is 16.5. The molecule has 3 aromatic rings. The molecule has 0 spiro atoms. The second kappa shape index (κ2) is 12.0. The third-order valence-electron chi connectivity index (χ3n) is 6.03. The molecular formula is C27H35N3O4. The Hall–Kier alpha value is -2.87. The van der Waals surface area contributed by atoms with Crippen molar-refractivity contribution in [3.8, 4) is 17.0 Å². The van der Waals surface area contributed by atoms with Crippen LogP contribution in [0, 0.1) is 6.92 Å². The van der Waals surface area contributed by atoms with Crippen molar-refractivity contribution in [2.75, 3.05) is 50.9 Å². The molecule has 1 N–H and O–H groups in total. The van der Waals surface area contributed by atoms with Gasteiger partial charge in [-0.3, -0.25) is 4.90 Å². The molecule has 1 aliphatic rings. The summed E-state index contributed by atoms with van der Waals surface area (Å²) in [4.78, 5) is 4.47. The van der Waals surface area contributed by atoms with Crippen molar-refractivity contribution in [1.82, 2.24) is 10.1 Å². The molecule has 0 aliphatic carbocycles. The quantitative estimate of drug-likeness (QED) is 0.456. The molecule has 4 rings (SSSR count). The smallest absolute Gasteiger partial charge is 0.232 e. The fraction of sp³-hybridized carbons (Fsp3) is 0.444. The first kappa shape index (κ1) is 24.3. The number of aliphatic hydroxyl groups excluding tert-OH is 1. The van der Waals surface area contributed by atoms with Gasteiger partial charge in [0, 0.05) is 31.7 Å². The predicted molar refractivity (Wildman–Crippen MR) is 133 cm³/mol. The van der Waals surface area contributed by atoms with Gasteiger partial charge < -0.3 is 24.0 Å². The lowest BCUT2D eigenvalue weighted by Gasteiger charge is -2.29. The number of anilines is 1. The van der Waals surface area contributed by atoms with E-state index in [0.717, 1.165) is 60.1 Å². The summed E-state index contributed by atoms with van der Waals surface area (Å²) in [7, 11) is 0. The van der Waals surface area contributed by atoms with Gasteiger partial charge in [0.1, 0.15) is 24.2 Å². The van der Waals surface area contributed by atoms with Gasteiger partial charge >= 0.3 is 0 Å². The fourth-order valence-corrected chi connectivity index (χ4v) is 4.31. The average molecular weight is 466 g/mol. The van der Waals surface area contributed by atoms with Crippen LogP contribution >= 0.6 is 0 Å². The van der Waals surface area contributed by atoms with Crippen molar-refractivity contribution in [3.63, 3.8) is 0 Å². The molecule has 2 aromatic carbocycles. The van der Waals surface area contributed by atoms with E-state index >= 15 is 0 Å². The van der Waals surface area contributed by atoms with E-state index in [9.17, 15) is 5.11 Å². The first-order chi connectivity index (χ1) is 16.7. The molecule has 1 aliphatic heterocycles. The number of nitrogens with zero attached hydrogens (tertiary/aromatic N) is 3. The Bertz CT molecular complexity index is 1020. The number of hydrogen-bond donors (Lipinski definition) is 1. The molecule has 0 radical (unpaired) electrons. The molecular weight excluding hydrogens is 430 g/mol. The summed E-state index contributed by atoms with van der Waals surface area (Å²) < 4.78 is 17.3. The van der Waals surface area contributed by atoms with Crippen molar-refractivity contribution in [3.05, 3.63) is 65.7 Å². The van der Waals surface area contributed by atoms with Crippen molar-refractivity contribution in [1.29, 1.82) is 0 Å². The number of ether oxygens (including phenoxy) is 2. The molecule has 1 fully saturated rings. The van der Waals surface area contributed by atoms with Crippen LogP contribution < -0.4 is 9.64 Å². The van der Waals surface area contributed by atoms with Gasteiger partial charge in [-0.1, -0.05) is 60.6 Å². The Morgan fingerprint density at radius 1 is 1.09 bits per heavy atom. The van der Waals surface area contributed by atoms with E-state index in [4.69, 9.17) is 14.0 Å². The van der Waals surface area contributed by atoms with E-state index in [2.05, 4.69) is 34.0 Å². The lowest BCUT2D eigenvalue weighted by Crippen LogP contribution is -2.38. The number of para-hydroxylation sites is 1. The van der Waals surface area contributed by atoms with Gasteiger partial charge in [0.25, 0.3) is 0 Å². The van der Waals surface area contributed by atoms with Gasteiger partial charge in [-0.15, -0.1) is 0 Å². The number of hydrogen-bond acceptors (Lipinski definition) is 7. The minimum atomic E-state index is -0.613. The predicted octanol–water partition coefficient (Wildman–Crippen LogP) is 4.14. The molecule has 1 aromatic heterocycles. The second-order valence-corrected chi connectivity index (χ2v) is 8.75. The maximum atomic E-state index is 10.8. The molecule has 1 saturated heterocycles. The minimum Gasteiger partial charge on any atom is -0.491 e. The van der Waals surface area contributed by atoms with Crippen molar-refractivity contribution in [2.45, 2.75) is 32.9 Å².